The molecule has 1 aliphatic rings. The highest BCUT2D eigenvalue weighted by molar-refractivity contribution is 7.52. The van der Waals surface area contributed by atoms with Crippen molar-refractivity contribution < 1.29 is 41.8 Å². The molecule has 5 rings (SSSR count). The summed E-state index contributed by atoms with van der Waals surface area (Å²) in [5.41, 5.74) is 4.98. The van der Waals surface area contributed by atoms with Crippen LogP contribution in [-0.4, -0.2) is 62.4 Å². The van der Waals surface area contributed by atoms with Gasteiger partial charge in [0.05, 0.1) is 12.9 Å². The average Bonchev–Trinajstić information content (AvgIpc) is 3.81. The van der Waals surface area contributed by atoms with E-state index in [4.69, 9.17) is 35.4 Å². The van der Waals surface area contributed by atoms with Gasteiger partial charge in [-0.1, -0.05) is 120 Å². The summed E-state index contributed by atoms with van der Waals surface area (Å²) in [6, 6.07) is 16.3. The number of fused-ring (bicyclic) bond motifs is 1. The minimum absolute atomic E-state index is 0.0243. The van der Waals surface area contributed by atoms with Gasteiger partial charge in [0.2, 0.25) is 0 Å². The minimum atomic E-state index is -4.55. The van der Waals surface area contributed by atoms with Gasteiger partial charge >= 0.3 is 25.8 Å². The number of rotatable bonds is 23. The quantitative estimate of drug-likeness (QED) is 0.0243. The molecule has 3 N–H and O–H groups in total. The van der Waals surface area contributed by atoms with Gasteiger partial charge in [-0.25, -0.2) is 9.55 Å². The molecule has 0 radical (unpaired) electrons. The highest BCUT2D eigenvalue weighted by Crippen LogP contribution is 2.49. The van der Waals surface area contributed by atoms with E-state index in [1.165, 1.54) is 10.9 Å². The molecule has 5 atom stereocenters. The zero-order valence-electron chi connectivity index (χ0n) is 33.4. The van der Waals surface area contributed by atoms with Crippen LogP contribution in [0, 0.1) is 24.3 Å². The van der Waals surface area contributed by atoms with Crippen molar-refractivity contribution in [2.24, 2.45) is 5.92 Å². The lowest BCUT2D eigenvalue weighted by Gasteiger charge is -2.31. The lowest BCUT2D eigenvalue weighted by atomic mass is 9.98. The van der Waals surface area contributed by atoms with Crippen LogP contribution in [-0.2, 0) is 39.3 Å². The molecule has 0 spiro atoms. The van der Waals surface area contributed by atoms with E-state index in [0.29, 0.717) is 6.42 Å². The van der Waals surface area contributed by atoms with Crippen LogP contribution < -0.4 is 15.3 Å². The van der Waals surface area contributed by atoms with Crippen LogP contribution in [0.4, 0.5) is 10.2 Å². The molecule has 16 heteroatoms. The van der Waals surface area contributed by atoms with Crippen molar-refractivity contribution in [3.05, 3.63) is 78.6 Å². The van der Waals surface area contributed by atoms with Gasteiger partial charge < -0.3 is 24.5 Å². The fourth-order valence-corrected chi connectivity index (χ4v) is 8.20. The summed E-state index contributed by atoms with van der Waals surface area (Å²) in [4.78, 5) is 38.8. The lowest BCUT2D eigenvalue weighted by Crippen LogP contribution is -2.46. The number of imidazole rings is 1. The first-order valence-corrected chi connectivity index (χ1v) is 21.5. The Labute approximate surface area is 339 Å². The Bertz CT molecular complexity index is 2030. The molecule has 4 aromatic rings. The normalized spacial score (nSPS) is 19.4. The zero-order valence-corrected chi connectivity index (χ0v) is 34.3. The van der Waals surface area contributed by atoms with E-state index in [0.717, 1.165) is 50.5 Å². The maximum Gasteiger partial charge on any atom is 0.459 e. The molecule has 0 saturated carbocycles. The molecular formula is C42H54FN6O8P. The Morgan fingerprint density at radius 1 is 1.05 bits per heavy atom. The highest BCUT2D eigenvalue weighted by Gasteiger charge is 2.53. The number of esters is 2. The third-order valence-corrected chi connectivity index (χ3v) is 11.7. The van der Waals surface area contributed by atoms with Gasteiger partial charge in [-0.2, -0.15) is 19.4 Å². The Morgan fingerprint density at radius 3 is 2.43 bits per heavy atom. The predicted molar refractivity (Wildman–Crippen MR) is 217 cm³/mol. The molecular weight excluding hydrogens is 766 g/mol. The van der Waals surface area contributed by atoms with Crippen molar-refractivity contribution in [1.29, 1.82) is 0 Å². The first-order valence-electron chi connectivity index (χ1n) is 20.0. The molecule has 14 nitrogen and oxygen atoms in total. The van der Waals surface area contributed by atoms with E-state index in [9.17, 15) is 14.0 Å². The smallest absolute Gasteiger partial charge is 0.459 e. The summed E-state index contributed by atoms with van der Waals surface area (Å²) >= 11 is 0. The summed E-state index contributed by atoms with van der Waals surface area (Å²) in [6.45, 7) is 5.71. The van der Waals surface area contributed by atoms with E-state index >= 15 is 4.57 Å². The minimum Gasteiger partial charge on any atom is -0.464 e. The number of aromatic nitrogens is 4. The van der Waals surface area contributed by atoms with Crippen molar-refractivity contribution in [1.82, 2.24) is 24.6 Å². The number of carbonyl (C=O) groups excluding carboxylic acids is 2. The molecule has 0 aliphatic carbocycles. The monoisotopic (exact) mass is 820 g/mol. The highest BCUT2D eigenvalue weighted by atomic mass is 31.2. The molecule has 2 aromatic heterocycles. The van der Waals surface area contributed by atoms with E-state index < -0.39 is 56.3 Å². The number of unbranched alkanes of at least 4 members (excludes halogenated alkanes) is 5. The number of hydrogen-bond acceptors (Lipinski definition) is 12. The Kier molecular flexibility index (Phi) is 16.2. The summed E-state index contributed by atoms with van der Waals surface area (Å²) in [5.74, 6) is 1.57. The molecule has 0 bridgehead atoms. The number of hydrogen-bond donors (Lipinski definition) is 2. The Hall–Kier alpha value is -4.87. The number of anilines is 1. The van der Waals surface area contributed by atoms with Gasteiger partial charge in [0, 0.05) is 12.8 Å². The van der Waals surface area contributed by atoms with E-state index in [1.807, 2.05) is 44.2 Å². The number of terminal acetylenes is 1. The van der Waals surface area contributed by atoms with Gasteiger partial charge in [-0.3, -0.25) is 18.7 Å². The molecule has 58 heavy (non-hydrogen) atoms. The Balaban J connectivity index is 1.45. The second-order valence-electron chi connectivity index (χ2n) is 14.4. The van der Waals surface area contributed by atoms with Crippen LogP contribution in [0.15, 0.2) is 67.0 Å². The molecule has 312 valence electrons. The largest absolute Gasteiger partial charge is 0.464 e. The second kappa shape index (κ2) is 21.2. The predicted octanol–water partition coefficient (Wildman–Crippen LogP) is 7.88. The van der Waals surface area contributed by atoms with Crippen LogP contribution >= 0.6 is 7.75 Å². The maximum absolute atomic E-state index is 15.0. The van der Waals surface area contributed by atoms with Gasteiger partial charge in [0.1, 0.15) is 30.7 Å². The number of halogens is 1. The molecule has 3 heterocycles. The average molecular weight is 821 g/mol. The van der Waals surface area contributed by atoms with Gasteiger partial charge in [-0.05, 0) is 36.5 Å². The van der Waals surface area contributed by atoms with E-state index in [-0.39, 0.29) is 54.5 Å². The van der Waals surface area contributed by atoms with E-state index in [2.05, 4.69) is 32.9 Å². The van der Waals surface area contributed by atoms with Crippen molar-refractivity contribution in [2.75, 3.05) is 18.9 Å². The summed E-state index contributed by atoms with van der Waals surface area (Å²) in [7, 11) is -4.55. The molecule has 1 unspecified atom stereocenters. The molecule has 2 aromatic carbocycles. The van der Waals surface area contributed by atoms with Crippen molar-refractivity contribution in [3.63, 3.8) is 0 Å². The lowest BCUT2D eigenvalue weighted by molar-refractivity contribution is -0.158. The number of nitrogens with one attached hydrogen (secondary N) is 1. The third kappa shape index (κ3) is 11.9. The molecule has 1 fully saturated rings. The standard InChI is InChI=1S/C42H54FN6O8P/c1-5-9-10-11-12-19-24-36(50)55-34-26-35(49-29-45-37-38(44)46-41(43)47-39(37)49)56-42(34,8-4)28-54-58(52,57-32-22-17-14-18-23-32)48-33(25-31-20-15-13-16-21-31)40(51)53-27-30(6-2)7-3/h4,13-18,20-23,29-30,33-35H,5-7,9-12,19,24-28H2,1-3H3,(H,48,52)(H2,44,46,47)/t33?,34-,35+,42+,58-/m0/s1. The van der Waals surface area contributed by atoms with Crippen LogP contribution in [0.1, 0.15) is 96.8 Å². The molecule has 1 saturated heterocycles. The molecule has 1 aliphatic heterocycles. The number of nitrogens with two attached hydrogens (primary N) is 1. The number of nitrogen functional groups attached to an aromatic ring is 1. The summed E-state index contributed by atoms with van der Waals surface area (Å²) < 4.78 is 61.2. The van der Waals surface area contributed by atoms with Crippen LogP contribution in [0.25, 0.3) is 11.2 Å². The van der Waals surface area contributed by atoms with E-state index in [1.54, 1.807) is 30.3 Å². The number of nitrogens with zero attached hydrogens (tertiary/aromatic N) is 4. The number of para-hydroxylation sites is 1. The Morgan fingerprint density at radius 2 is 1.74 bits per heavy atom. The summed E-state index contributed by atoms with van der Waals surface area (Å²) in [6.07, 6.45) is 11.9. The number of carbonyl (C=O) groups is 2. The van der Waals surface area contributed by atoms with Gasteiger partial charge in [-0.15, -0.1) is 6.42 Å². The first-order chi connectivity index (χ1) is 28.0. The third-order valence-electron chi connectivity index (χ3n) is 10.2. The summed E-state index contributed by atoms with van der Waals surface area (Å²) in [5, 5.41) is 2.85. The number of benzene rings is 2. The van der Waals surface area contributed by atoms with Crippen molar-refractivity contribution >= 4 is 36.7 Å². The fraction of sp³-hybridized carbons (Fsp3) is 0.500. The fourth-order valence-electron chi connectivity index (χ4n) is 6.68. The van der Waals surface area contributed by atoms with Crippen LogP contribution in [0.3, 0.4) is 0 Å². The van der Waals surface area contributed by atoms with Gasteiger partial charge in [0.15, 0.2) is 22.6 Å². The number of ether oxygens (including phenoxy) is 3. The van der Waals surface area contributed by atoms with Crippen molar-refractivity contribution in [2.45, 2.75) is 115 Å². The van der Waals surface area contributed by atoms with Crippen LogP contribution in [0.2, 0.25) is 0 Å². The van der Waals surface area contributed by atoms with Gasteiger partial charge in [0.25, 0.3) is 0 Å². The van der Waals surface area contributed by atoms with Crippen molar-refractivity contribution in [3.8, 4) is 18.1 Å². The zero-order chi connectivity index (χ0) is 41.5. The topological polar surface area (TPSA) is 179 Å². The maximum atomic E-state index is 15.0. The first kappa shape index (κ1) is 44.2. The van der Waals surface area contributed by atoms with Crippen LogP contribution in [0.5, 0.6) is 5.75 Å². The SMILES string of the molecule is C#C[C@]1(CO[P@@](=O)(NC(Cc2ccccc2)C(=O)OCC(CC)CC)Oc2ccccc2)O[C@@H](n2cnc3c(N)nc(F)nc32)C[C@@H]1OC(=O)CCCCCCCC. The second-order valence-corrected chi connectivity index (χ2v) is 16.1. The molecule has 0 amide bonds.